The third-order valence-corrected chi connectivity index (χ3v) is 8.11. The normalized spacial score (nSPS) is 16.9. The predicted molar refractivity (Wildman–Crippen MR) is 148 cm³/mol. The summed E-state index contributed by atoms with van der Waals surface area (Å²) in [6, 6.07) is 6.51. The number of methoxy groups -OCH3 is 1. The van der Waals surface area contributed by atoms with Crippen LogP contribution in [0.2, 0.25) is 0 Å². The van der Waals surface area contributed by atoms with Crippen LogP contribution in [0.4, 0.5) is 8.78 Å². The van der Waals surface area contributed by atoms with Gasteiger partial charge < -0.3 is 19.0 Å². The molecule has 0 N–H and O–H groups in total. The number of hydrogen-bond acceptors (Lipinski definition) is 7. The molecule has 1 aromatic heterocycles. The third-order valence-electron chi connectivity index (χ3n) is 8.11. The number of likely N-dealkylation sites (tertiary alicyclic amines) is 1. The molecule has 0 unspecified atom stereocenters. The maximum Gasteiger partial charge on any atom is 0.232 e. The Morgan fingerprint density at radius 1 is 1.02 bits per heavy atom. The fraction of sp³-hybridized carbons (Fsp3) is 0.452. The van der Waals surface area contributed by atoms with Crippen molar-refractivity contribution in [2.45, 2.75) is 64.3 Å². The topological polar surface area (TPSA) is 106 Å². The Bertz CT molecular complexity index is 1510. The monoisotopic (exact) mass is 580 g/mol. The molecule has 1 fully saturated rings. The summed E-state index contributed by atoms with van der Waals surface area (Å²) in [7, 11) is 1.54. The van der Waals surface area contributed by atoms with Gasteiger partial charge in [-0.2, -0.15) is 0 Å². The zero-order valence-corrected chi connectivity index (χ0v) is 24.2. The molecule has 5 rings (SSSR count). The molecular weight excluding hydrogens is 546 g/mol. The lowest BCUT2D eigenvalue weighted by molar-refractivity contribution is -0.140. The predicted octanol–water partition coefficient (Wildman–Crippen LogP) is 4.05. The molecule has 0 aliphatic carbocycles. The molecule has 1 atom stereocenters. The molecule has 42 heavy (non-hydrogen) atoms. The number of rotatable bonds is 8. The molecule has 2 amide bonds. The quantitative estimate of drug-likeness (QED) is 0.396. The van der Waals surface area contributed by atoms with Gasteiger partial charge in [0.25, 0.3) is 0 Å². The van der Waals surface area contributed by atoms with Crippen LogP contribution in [0.5, 0.6) is 5.75 Å². The maximum absolute atomic E-state index is 15.5. The first-order valence-corrected chi connectivity index (χ1v) is 14.1. The highest BCUT2D eigenvalue weighted by molar-refractivity contribution is 5.93. The van der Waals surface area contributed by atoms with Crippen LogP contribution in [0.1, 0.15) is 66.8 Å². The van der Waals surface area contributed by atoms with Gasteiger partial charge in [0.05, 0.1) is 12.5 Å². The molecular formula is C31H34F2N4O5. The van der Waals surface area contributed by atoms with Crippen LogP contribution >= 0.6 is 0 Å². The van der Waals surface area contributed by atoms with E-state index in [1.807, 2.05) is 6.07 Å². The highest BCUT2D eigenvalue weighted by Gasteiger charge is 2.40. The van der Waals surface area contributed by atoms with E-state index in [9.17, 15) is 14.4 Å². The van der Waals surface area contributed by atoms with Crippen LogP contribution in [0, 0.1) is 18.6 Å². The van der Waals surface area contributed by atoms with Gasteiger partial charge in [0.1, 0.15) is 29.8 Å². The van der Waals surface area contributed by atoms with Crippen LogP contribution in [-0.2, 0) is 39.1 Å². The smallest absolute Gasteiger partial charge is 0.232 e. The summed E-state index contributed by atoms with van der Waals surface area (Å²) in [4.78, 5) is 43.4. The number of halogens is 2. The Morgan fingerprint density at radius 3 is 2.33 bits per heavy atom. The average molecular weight is 581 g/mol. The van der Waals surface area contributed by atoms with Gasteiger partial charge in [0.15, 0.2) is 5.78 Å². The summed E-state index contributed by atoms with van der Waals surface area (Å²) >= 11 is 0. The van der Waals surface area contributed by atoms with Crippen molar-refractivity contribution in [3.05, 3.63) is 76.0 Å². The van der Waals surface area contributed by atoms with E-state index in [0.29, 0.717) is 36.7 Å². The van der Waals surface area contributed by atoms with Crippen molar-refractivity contribution in [2.24, 2.45) is 0 Å². The van der Waals surface area contributed by atoms with Crippen LogP contribution in [-0.4, -0.2) is 64.3 Å². The Hall–Kier alpha value is -4.15. The van der Waals surface area contributed by atoms with Crippen molar-refractivity contribution < 1.29 is 32.3 Å². The number of aryl methyl sites for hydroxylation is 1. The summed E-state index contributed by atoms with van der Waals surface area (Å²) in [6.07, 6.45) is 1.70. The van der Waals surface area contributed by atoms with Crippen molar-refractivity contribution in [3.8, 4) is 5.75 Å². The molecule has 0 spiro atoms. The summed E-state index contributed by atoms with van der Waals surface area (Å²) in [5.74, 6) is -1.82. The number of fused-ring (bicyclic) bond motifs is 1. The second-order valence-electron chi connectivity index (χ2n) is 11.4. The molecule has 9 nitrogen and oxygen atoms in total. The van der Waals surface area contributed by atoms with Crippen LogP contribution in [0.25, 0.3) is 0 Å². The van der Waals surface area contributed by atoms with Gasteiger partial charge >= 0.3 is 0 Å². The summed E-state index contributed by atoms with van der Waals surface area (Å²) < 4.78 is 41.7. The molecule has 3 heterocycles. The number of hydrogen-bond donors (Lipinski definition) is 0. The largest absolute Gasteiger partial charge is 0.497 e. The van der Waals surface area contributed by atoms with Gasteiger partial charge in [-0.05, 0) is 74.1 Å². The van der Waals surface area contributed by atoms with E-state index in [4.69, 9.17) is 9.15 Å². The lowest BCUT2D eigenvalue weighted by Crippen LogP contribution is -2.44. The summed E-state index contributed by atoms with van der Waals surface area (Å²) in [5.41, 5.74) is -0.156. The Balaban J connectivity index is 1.43. The van der Waals surface area contributed by atoms with Crippen LogP contribution < -0.4 is 4.74 Å². The number of amides is 2. The van der Waals surface area contributed by atoms with Gasteiger partial charge in [-0.25, -0.2) is 8.78 Å². The van der Waals surface area contributed by atoms with Gasteiger partial charge in [-0.15, -0.1) is 10.2 Å². The molecule has 222 valence electrons. The number of benzene rings is 2. The minimum absolute atomic E-state index is 0.115. The zero-order chi connectivity index (χ0) is 30.2. The molecule has 0 radical (unpaired) electrons. The number of Topliss-reactive ketones (excluding diaryl/α,β-unsaturated/α-hetero) is 1. The fourth-order valence-electron chi connectivity index (χ4n) is 6.03. The van der Waals surface area contributed by atoms with Crippen LogP contribution in [0.3, 0.4) is 0 Å². The van der Waals surface area contributed by atoms with Crippen molar-refractivity contribution in [3.63, 3.8) is 0 Å². The molecule has 2 aromatic carbocycles. The first kappa shape index (κ1) is 29.3. The molecule has 2 aliphatic rings. The lowest BCUT2D eigenvalue weighted by Gasteiger charge is -2.36. The number of carbonyl (C=O) groups excluding carboxylic acids is 3. The highest BCUT2D eigenvalue weighted by Crippen LogP contribution is 2.36. The van der Waals surface area contributed by atoms with E-state index >= 15 is 8.78 Å². The molecule has 3 aromatic rings. The van der Waals surface area contributed by atoms with Crippen molar-refractivity contribution in [1.29, 1.82) is 0 Å². The molecule has 1 saturated heterocycles. The molecule has 0 bridgehead atoms. The molecule has 0 saturated carbocycles. The first-order chi connectivity index (χ1) is 20.0. The number of carbonyl (C=O) groups is 3. The highest BCUT2D eigenvalue weighted by atomic mass is 19.1. The number of aromatic nitrogens is 2. The first-order valence-electron chi connectivity index (χ1n) is 14.1. The maximum atomic E-state index is 15.5. The lowest BCUT2D eigenvalue weighted by atomic mass is 9.81. The van der Waals surface area contributed by atoms with E-state index in [1.54, 1.807) is 31.1 Å². The molecule has 11 heteroatoms. The van der Waals surface area contributed by atoms with Gasteiger partial charge in [-0.1, -0.05) is 6.07 Å². The van der Waals surface area contributed by atoms with E-state index in [2.05, 4.69) is 10.2 Å². The van der Waals surface area contributed by atoms with Crippen molar-refractivity contribution in [1.82, 2.24) is 20.0 Å². The van der Waals surface area contributed by atoms with E-state index < -0.39 is 28.9 Å². The van der Waals surface area contributed by atoms with E-state index in [-0.39, 0.29) is 48.2 Å². The van der Waals surface area contributed by atoms with Gasteiger partial charge in [-0.3, -0.25) is 14.4 Å². The second kappa shape index (κ2) is 11.6. The van der Waals surface area contributed by atoms with E-state index in [1.165, 1.54) is 18.7 Å². The summed E-state index contributed by atoms with van der Waals surface area (Å²) in [6.45, 7) is 6.02. The minimum Gasteiger partial charge on any atom is -0.497 e. The Morgan fingerprint density at radius 2 is 1.71 bits per heavy atom. The molecule has 2 aliphatic heterocycles. The zero-order valence-electron chi connectivity index (χ0n) is 24.2. The van der Waals surface area contributed by atoms with Crippen molar-refractivity contribution >= 4 is 17.6 Å². The number of ketones is 1. The second-order valence-corrected chi connectivity index (χ2v) is 11.4. The Kier molecular flexibility index (Phi) is 8.12. The summed E-state index contributed by atoms with van der Waals surface area (Å²) in [5, 5.41) is 7.65. The van der Waals surface area contributed by atoms with Gasteiger partial charge in [0.2, 0.25) is 23.6 Å². The van der Waals surface area contributed by atoms with E-state index in [0.717, 1.165) is 30.5 Å². The fourth-order valence-corrected chi connectivity index (χ4v) is 6.03. The van der Waals surface area contributed by atoms with Crippen LogP contribution in [0.15, 0.2) is 34.7 Å². The standard InChI is InChI=1S/C31H34F2N4O5/c1-18-34-35-26(42-18)17-27(39)37-12-9-20-16-21(41-4)7-8-22(20)29(37)25(38)15-19-13-23(32)28(24(33)14-19)31(2,3)30(40)36-10-5-6-11-36/h7-8,13-14,16,29H,5-6,9-12,15,17H2,1-4H3/t29-/m1/s1. The average Bonchev–Trinajstić information content (AvgIpc) is 3.63. The minimum atomic E-state index is -1.42. The third kappa shape index (κ3) is 5.64. The van der Waals surface area contributed by atoms with Gasteiger partial charge in [0, 0.05) is 38.5 Å². The number of nitrogens with zero attached hydrogens (tertiary/aromatic N) is 4. The Labute approximate surface area is 242 Å². The van der Waals surface area contributed by atoms with Crippen molar-refractivity contribution in [2.75, 3.05) is 26.7 Å². The number of ether oxygens (including phenoxy) is 1. The SMILES string of the molecule is COc1ccc2c(c1)CCN(C(=O)Cc1nnc(C)o1)[C@H]2C(=O)Cc1cc(F)c(C(C)(C)C(=O)N2CCCC2)c(F)c1.